The van der Waals surface area contributed by atoms with E-state index >= 15 is 0 Å². The molecule has 2 atom stereocenters. The molecule has 2 aliphatic heterocycles. The van der Waals surface area contributed by atoms with Gasteiger partial charge in [0.15, 0.2) is 0 Å². The SMILES string of the molecule is CC(NC(=O)CN1CCCNCC1)C1CCCO1. The second kappa shape index (κ2) is 7.07. The Morgan fingerprint density at radius 3 is 3.11 bits per heavy atom. The highest BCUT2D eigenvalue weighted by Crippen LogP contribution is 2.15. The molecule has 0 saturated carbocycles. The summed E-state index contributed by atoms with van der Waals surface area (Å²) in [4.78, 5) is 14.2. The van der Waals surface area contributed by atoms with E-state index in [9.17, 15) is 4.79 Å². The summed E-state index contributed by atoms with van der Waals surface area (Å²) < 4.78 is 5.59. The van der Waals surface area contributed by atoms with Gasteiger partial charge in [-0.2, -0.15) is 0 Å². The molecular weight excluding hydrogens is 230 g/mol. The van der Waals surface area contributed by atoms with Crippen LogP contribution in [0.1, 0.15) is 26.2 Å². The number of amides is 1. The Bertz CT molecular complexity index is 253. The molecular formula is C13H25N3O2. The summed E-state index contributed by atoms with van der Waals surface area (Å²) >= 11 is 0. The maximum Gasteiger partial charge on any atom is 0.234 e. The van der Waals surface area contributed by atoms with E-state index in [1.165, 1.54) is 0 Å². The van der Waals surface area contributed by atoms with Gasteiger partial charge in [0.05, 0.1) is 18.7 Å². The molecule has 5 nitrogen and oxygen atoms in total. The molecule has 0 bridgehead atoms. The Morgan fingerprint density at radius 1 is 1.44 bits per heavy atom. The van der Waals surface area contributed by atoms with Gasteiger partial charge in [-0.3, -0.25) is 9.69 Å². The van der Waals surface area contributed by atoms with Crippen LogP contribution in [0.5, 0.6) is 0 Å². The van der Waals surface area contributed by atoms with Crippen LogP contribution in [0.15, 0.2) is 0 Å². The van der Waals surface area contributed by atoms with Crippen molar-refractivity contribution in [1.82, 2.24) is 15.5 Å². The maximum atomic E-state index is 12.0. The van der Waals surface area contributed by atoms with Crippen molar-refractivity contribution in [3.63, 3.8) is 0 Å². The lowest BCUT2D eigenvalue weighted by Gasteiger charge is -2.23. The summed E-state index contributed by atoms with van der Waals surface area (Å²) in [6.07, 6.45) is 3.51. The fourth-order valence-corrected chi connectivity index (χ4v) is 2.65. The van der Waals surface area contributed by atoms with Gasteiger partial charge < -0.3 is 15.4 Å². The first kappa shape index (κ1) is 13.8. The Morgan fingerprint density at radius 2 is 2.33 bits per heavy atom. The molecule has 2 unspecified atom stereocenters. The average molecular weight is 255 g/mol. The second-order valence-electron chi connectivity index (χ2n) is 5.29. The molecule has 0 aromatic heterocycles. The zero-order valence-corrected chi connectivity index (χ0v) is 11.3. The standard InChI is InChI=1S/C13H25N3O2/c1-11(12-4-2-9-18-12)15-13(17)10-16-7-3-5-14-6-8-16/h11-12,14H,2-10H2,1H3,(H,15,17). The lowest BCUT2D eigenvalue weighted by Crippen LogP contribution is -2.46. The molecule has 2 rings (SSSR count). The van der Waals surface area contributed by atoms with Gasteiger partial charge in [-0.1, -0.05) is 0 Å². The Balaban J connectivity index is 1.70. The fraction of sp³-hybridized carbons (Fsp3) is 0.923. The highest BCUT2D eigenvalue weighted by molar-refractivity contribution is 5.78. The van der Waals surface area contributed by atoms with E-state index in [-0.39, 0.29) is 18.1 Å². The van der Waals surface area contributed by atoms with Crippen LogP contribution in [0, 0.1) is 0 Å². The number of hydrogen-bond donors (Lipinski definition) is 2. The molecule has 5 heteroatoms. The van der Waals surface area contributed by atoms with Crippen molar-refractivity contribution in [3.05, 3.63) is 0 Å². The highest BCUT2D eigenvalue weighted by Gasteiger charge is 2.24. The minimum Gasteiger partial charge on any atom is -0.376 e. The molecule has 0 aromatic rings. The third-order valence-electron chi connectivity index (χ3n) is 3.71. The normalized spacial score (nSPS) is 27.7. The minimum atomic E-state index is 0.125. The van der Waals surface area contributed by atoms with E-state index in [1.54, 1.807) is 0 Å². The number of nitrogens with one attached hydrogen (secondary N) is 2. The average Bonchev–Trinajstić information content (AvgIpc) is 2.76. The van der Waals surface area contributed by atoms with E-state index < -0.39 is 0 Å². The number of carbonyl (C=O) groups excluding carboxylic acids is 1. The van der Waals surface area contributed by atoms with Crippen LogP contribution in [0.2, 0.25) is 0 Å². The number of nitrogens with zero attached hydrogens (tertiary/aromatic N) is 1. The molecule has 2 fully saturated rings. The van der Waals surface area contributed by atoms with Gasteiger partial charge in [0.25, 0.3) is 0 Å². The summed E-state index contributed by atoms with van der Waals surface area (Å²) in [5.41, 5.74) is 0. The zero-order valence-electron chi connectivity index (χ0n) is 11.3. The Labute approximate surface area is 109 Å². The number of ether oxygens (including phenoxy) is 1. The first-order chi connectivity index (χ1) is 8.75. The molecule has 0 spiro atoms. The van der Waals surface area contributed by atoms with Crippen LogP contribution < -0.4 is 10.6 Å². The predicted octanol–water partition coefficient (Wildman–Crippen LogP) is -0.0346. The summed E-state index contributed by atoms with van der Waals surface area (Å²) in [6.45, 7) is 7.40. The van der Waals surface area contributed by atoms with Crippen molar-refractivity contribution in [3.8, 4) is 0 Å². The van der Waals surface area contributed by atoms with E-state index in [0.29, 0.717) is 6.54 Å². The van der Waals surface area contributed by atoms with Gasteiger partial charge in [0.2, 0.25) is 5.91 Å². The van der Waals surface area contributed by atoms with Crippen LogP contribution >= 0.6 is 0 Å². The fourth-order valence-electron chi connectivity index (χ4n) is 2.65. The zero-order chi connectivity index (χ0) is 12.8. The molecule has 2 N–H and O–H groups in total. The number of rotatable bonds is 4. The summed E-state index contributed by atoms with van der Waals surface area (Å²) in [7, 11) is 0. The summed E-state index contributed by atoms with van der Waals surface area (Å²) in [6, 6.07) is 0.130. The van der Waals surface area contributed by atoms with Gasteiger partial charge in [-0.05, 0) is 39.3 Å². The first-order valence-corrected chi connectivity index (χ1v) is 7.10. The van der Waals surface area contributed by atoms with E-state index in [2.05, 4.69) is 15.5 Å². The molecule has 0 aromatic carbocycles. The quantitative estimate of drug-likeness (QED) is 0.740. The molecule has 18 heavy (non-hydrogen) atoms. The molecule has 0 aliphatic carbocycles. The van der Waals surface area contributed by atoms with Crippen molar-refractivity contribution in [2.45, 2.75) is 38.3 Å². The molecule has 104 valence electrons. The van der Waals surface area contributed by atoms with E-state index in [1.807, 2.05) is 6.92 Å². The summed E-state index contributed by atoms with van der Waals surface area (Å²) in [5.74, 6) is 0.125. The topological polar surface area (TPSA) is 53.6 Å². The third kappa shape index (κ3) is 4.23. The van der Waals surface area contributed by atoms with Gasteiger partial charge in [0.1, 0.15) is 0 Å². The minimum absolute atomic E-state index is 0.125. The van der Waals surface area contributed by atoms with Gasteiger partial charge in [-0.25, -0.2) is 0 Å². The maximum absolute atomic E-state index is 12.0. The van der Waals surface area contributed by atoms with Gasteiger partial charge in [-0.15, -0.1) is 0 Å². The van der Waals surface area contributed by atoms with Crippen LogP contribution in [0.4, 0.5) is 0 Å². The van der Waals surface area contributed by atoms with Crippen LogP contribution in [-0.2, 0) is 9.53 Å². The van der Waals surface area contributed by atoms with Crippen LogP contribution in [0.3, 0.4) is 0 Å². The van der Waals surface area contributed by atoms with E-state index in [0.717, 1.165) is 52.0 Å². The van der Waals surface area contributed by atoms with E-state index in [4.69, 9.17) is 4.74 Å². The van der Waals surface area contributed by atoms with Gasteiger partial charge in [0, 0.05) is 19.7 Å². The lowest BCUT2D eigenvalue weighted by molar-refractivity contribution is -0.123. The van der Waals surface area contributed by atoms with Crippen molar-refractivity contribution in [2.75, 3.05) is 39.3 Å². The molecule has 2 saturated heterocycles. The smallest absolute Gasteiger partial charge is 0.234 e. The Kier molecular flexibility index (Phi) is 5.41. The van der Waals surface area contributed by atoms with Crippen LogP contribution in [0.25, 0.3) is 0 Å². The largest absolute Gasteiger partial charge is 0.376 e. The van der Waals surface area contributed by atoms with Crippen LogP contribution in [-0.4, -0.2) is 62.3 Å². The third-order valence-corrected chi connectivity index (χ3v) is 3.71. The van der Waals surface area contributed by atoms with Crippen molar-refractivity contribution in [2.24, 2.45) is 0 Å². The number of carbonyl (C=O) groups is 1. The van der Waals surface area contributed by atoms with Crippen molar-refractivity contribution in [1.29, 1.82) is 0 Å². The molecule has 2 aliphatic rings. The molecule has 1 amide bonds. The van der Waals surface area contributed by atoms with Gasteiger partial charge >= 0.3 is 0 Å². The number of hydrogen-bond acceptors (Lipinski definition) is 4. The first-order valence-electron chi connectivity index (χ1n) is 7.10. The monoisotopic (exact) mass is 255 g/mol. The second-order valence-corrected chi connectivity index (χ2v) is 5.29. The summed E-state index contributed by atoms with van der Waals surface area (Å²) in [5, 5.41) is 6.41. The van der Waals surface area contributed by atoms with Crippen molar-refractivity contribution < 1.29 is 9.53 Å². The molecule has 2 heterocycles. The Hall–Kier alpha value is -0.650. The van der Waals surface area contributed by atoms with Crippen molar-refractivity contribution >= 4 is 5.91 Å². The lowest BCUT2D eigenvalue weighted by atomic mass is 10.1. The predicted molar refractivity (Wildman–Crippen MR) is 70.5 cm³/mol. The highest BCUT2D eigenvalue weighted by atomic mass is 16.5. The molecule has 0 radical (unpaired) electrons.